The minimum absolute atomic E-state index is 0.0159. The van der Waals surface area contributed by atoms with Crippen molar-refractivity contribution in [1.29, 1.82) is 0 Å². The molecule has 0 aromatic heterocycles. The molecule has 2 aromatic rings. The topological polar surface area (TPSA) is 86.7 Å². The van der Waals surface area contributed by atoms with Crippen LogP contribution in [0, 0.1) is 0 Å². The van der Waals surface area contributed by atoms with Crippen molar-refractivity contribution in [1.82, 2.24) is 10.2 Å². The van der Waals surface area contributed by atoms with E-state index in [4.69, 9.17) is 11.6 Å². The third kappa shape index (κ3) is 5.95. The smallest absolute Gasteiger partial charge is 0.293 e. The molecule has 0 bridgehead atoms. The first-order valence-electron chi connectivity index (χ1n) is 9.41. The molecule has 1 aliphatic rings. The minimum atomic E-state index is -0.431. The molecule has 0 aliphatic carbocycles. The third-order valence-corrected chi connectivity index (χ3v) is 5.67. The van der Waals surface area contributed by atoms with Crippen LogP contribution in [0.25, 0.3) is 6.08 Å². The number of nitrogens with one attached hydrogen (secondary N) is 1. The number of amides is 3. The van der Waals surface area contributed by atoms with Crippen LogP contribution in [0.4, 0.5) is 4.79 Å². The van der Waals surface area contributed by atoms with Crippen LogP contribution in [0.15, 0.2) is 59.5 Å². The van der Waals surface area contributed by atoms with Crippen molar-refractivity contribution in [3.8, 4) is 0 Å². The van der Waals surface area contributed by atoms with Crippen molar-refractivity contribution >= 4 is 46.5 Å². The highest BCUT2D eigenvalue weighted by atomic mass is 35.5. The second kappa shape index (κ2) is 10.4. The first-order chi connectivity index (χ1) is 14.5. The predicted molar refractivity (Wildman–Crippen MR) is 118 cm³/mol. The second-order valence-electron chi connectivity index (χ2n) is 6.77. The molecule has 3 amide bonds. The zero-order chi connectivity index (χ0) is 21.5. The lowest BCUT2D eigenvalue weighted by Crippen LogP contribution is -2.41. The quantitative estimate of drug-likeness (QED) is 0.608. The molecule has 156 valence electrons. The molecule has 8 heteroatoms. The Morgan fingerprint density at radius 3 is 2.50 bits per heavy atom. The van der Waals surface area contributed by atoms with E-state index in [1.807, 2.05) is 30.3 Å². The van der Waals surface area contributed by atoms with Gasteiger partial charge in [-0.05, 0) is 47.5 Å². The molecule has 30 heavy (non-hydrogen) atoms. The Hall–Kier alpha value is -2.61. The number of halogens is 1. The molecule has 1 atom stereocenters. The summed E-state index contributed by atoms with van der Waals surface area (Å²) in [6.45, 7) is -0.218. The van der Waals surface area contributed by atoms with Gasteiger partial charge in [0.1, 0.15) is 0 Å². The molecular weight excluding hydrogens is 424 g/mol. The van der Waals surface area contributed by atoms with Crippen LogP contribution in [0.5, 0.6) is 0 Å². The van der Waals surface area contributed by atoms with Crippen LogP contribution < -0.4 is 5.32 Å². The maximum atomic E-state index is 12.5. The van der Waals surface area contributed by atoms with E-state index in [1.54, 1.807) is 30.3 Å². The van der Waals surface area contributed by atoms with Gasteiger partial charge >= 0.3 is 0 Å². The SMILES string of the molecule is O=C(CCN1C(=O)S/C(=C\c2ccc(Cl)cc2)C1=O)N[C@H](CO)Cc1ccccc1. The molecular formula is C22H21ClN2O4S. The molecule has 1 saturated heterocycles. The summed E-state index contributed by atoms with van der Waals surface area (Å²) in [4.78, 5) is 38.4. The number of hydrogen-bond acceptors (Lipinski definition) is 5. The number of aliphatic hydroxyl groups excluding tert-OH is 1. The fourth-order valence-corrected chi connectivity index (χ4v) is 3.97. The summed E-state index contributed by atoms with van der Waals surface area (Å²) in [6, 6.07) is 16.0. The van der Waals surface area contributed by atoms with E-state index in [0.717, 1.165) is 27.8 Å². The van der Waals surface area contributed by atoms with E-state index >= 15 is 0 Å². The van der Waals surface area contributed by atoms with Gasteiger partial charge in [-0.15, -0.1) is 0 Å². The molecule has 2 aromatic carbocycles. The number of rotatable bonds is 8. The first-order valence-corrected chi connectivity index (χ1v) is 10.6. The summed E-state index contributed by atoms with van der Waals surface area (Å²) in [7, 11) is 0. The Labute approximate surface area is 183 Å². The van der Waals surface area contributed by atoms with E-state index < -0.39 is 17.2 Å². The Morgan fingerprint density at radius 1 is 1.13 bits per heavy atom. The highest BCUT2D eigenvalue weighted by molar-refractivity contribution is 8.18. The van der Waals surface area contributed by atoms with Crippen LogP contribution in [-0.4, -0.2) is 46.3 Å². The molecule has 0 spiro atoms. The third-order valence-electron chi connectivity index (χ3n) is 4.51. The summed E-state index contributed by atoms with van der Waals surface area (Å²) in [5.74, 6) is -0.749. The van der Waals surface area contributed by atoms with Crippen LogP contribution >= 0.6 is 23.4 Å². The number of thioether (sulfide) groups is 1. The van der Waals surface area contributed by atoms with E-state index in [0.29, 0.717) is 16.3 Å². The van der Waals surface area contributed by atoms with Crippen molar-refractivity contribution in [3.05, 3.63) is 75.7 Å². The summed E-state index contributed by atoms with van der Waals surface area (Å²) < 4.78 is 0. The van der Waals surface area contributed by atoms with Gasteiger partial charge in [-0.2, -0.15) is 0 Å². The zero-order valence-electron chi connectivity index (χ0n) is 16.1. The van der Waals surface area contributed by atoms with Gasteiger partial charge in [-0.1, -0.05) is 54.1 Å². The molecule has 0 saturated carbocycles. The van der Waals surface area contributed by atoms with Gasteiger partial charge in [0.2, 0.25) is 5.91 Å². The van der Waals surface area contributed by atoms with Crippen LogP contribution in [0.1, 0.15) is 17.5 Å². The van der Waals surface area contributed by atoms with Crippen LogP contribution in [0.3, 0.4) is 0 Å². The maximum Gasteiger partial charge on any atom is 0.293 e. The number of imide groups is 1. The monoisotopic (exact) mass is 444 g/mol. The van der Waals surface area contributed by atoms with Gasteiger partial charge in [0.05, 0.1) is 17.6 Å². The van der Waals surface area contributed by atoms with Gasteiger partial charge < -0.3 is 10.4 Å². The number of carbonyl (C=O) groups is 3. The normalized spacial score (nSPS) is 16.2. The molecule has 6 nitrogen and oxygen atoms in total. The molecule has 2 N–H and O–H groups in total. The van der Waals surface area contributed by atoms with E-state index in [9.17, 15) is 19.5 Å². The van der Waals surface area contributed by atoms with Gasteiger partial charge in [-0.3, -0.25) is 19.3 Å². The predicted octanol–water partition coefficient (Wildman–Crippen LogP) is 3.49. The Balaban J connectivity index is 1.54. The lowest BCUT2D eigenvalue weighted by atomic mass is 10.1. The van der Waals surface area contributed by atoms with E-state index in [1.165, 1.54) is 0 Å². The number of aliphatic hydroxyl groups is 1. The molecule has 3 rings (SSSR count). The number of carbonyl (C=O) groups excluding carboxylic acids is 3. The largest absolute Gasteiger partial charge is 0.394 e. The number of nitrogens with zero attached hydrogens (tertiary/aromatic N) is 1. The van der Waals surface area contributed by atoms with Crippen molar-refractivity contribution in [3.63, 3.8) is 0 Å². The van der Waals surface area contributed by atoms with Gasteiger partial charge in [-0.25, -0.2) is 0 Å². The maximum absolute atomic E-state index is 12.5. The Kier molecular flexibility index (Phi) is 7.68. The average molecular weight is 445 g/mol. The first kappa shape index (κ1) is 22.1. The van der Waals surface area contributed by atoms with Crippen molar-refractivity contribution in [2.24, 2.45) is 0 Å². The summed E-state index contributed by atoms with van der Waals surface area (Å²) >= 11 is 6.70. The van der Waals surface area contributed by atoms with Crippen molar-refractivity contribution in [2.45, 2.75) is 18.9 Å². The summed E-state index contributed by atoms with van der Waals surface area (Å²) in [5.41, 5.74) is 1.75. The Bertz CT molecular complexity index is 947. The molecule has 1 aliphatic heterocycles. The lowest BCUT2D eigenvalue weighted by Gasteiger charge is -2.18. The highest BCUT2D eigenvalue weighted by Crippen LogP contribution is 2.32. The van der Waals surface area contributed by atoms with Crippen molar-refractivity contribution in [2.75, 3.05) is 13.2 Å². The zero-order valence-corrected chi connectivity index (χ0v) is 17.7. The van der Waals surface area contributed by atoms with Gasteiger partial charge in [0, 0.05) is 18.0 Å². The number of benzene rings is 2. The standard InChI is InChI=1S/C22H21ClN2O4S/c23-17-8-6-16(7-9-17)13-19-21(28)25(22(29)30-19)11-10-20(27)24-18(14-26)12-15-4-2-1-3-5-15/h1-9,13,18,26H,10-12,14H2,(H,24,27)/b19-13-/t18-/m0/s1. The number of hydrogen-bond donors (Lipinski definition) is 2. The molecule has 1 heterocycles. The average Bonchev–Trinajstić information content (AvgIpc) is 3.01. The minimum Gasteiger partial charge on any atom is -0.394 e. The van der Waals surface area contributed by atoms with Crippen molar-refractivity contribution < 1.29 is 19.5 Å². The highest BCUT2D eigenvalue weighted by Gasteiger charge is 2.35. The molecule has 0 radical (unpaired) electrons. The van der Waals surface area contributed by atoms with Crippen LogP contribution in [0.2, 0.25) is 5.02 Å². The molecule has 1 fully saturated rings. The lowest BCUT2D eigenvalue weighted by molar-refractivity contribution is -0.124. The van der Waals surface area contributed by atoms with E-state index in [2.05, 4.69) is 5.32 Å². The van der Waals surface area contributed by atoms with Gasteiger partial charge in [0.15, 0.2) is 0 Å². The molecule has 0 unspecified atom stereocenters. The summed E-state index contributed by atoms with van der Waals surface area (Å²) in [6.07, 6.45) is 2.09. The van der Waals surface area contributed by atoms with E-state index in [-0.39, 0.29) is 25.5 Å². The fourth-order valence-electron chi connectivity index (χ4n) is 2.98. The van der Waals surface area contributed by atoms with Gasteiger partial charge in [0.25, 0.3) is 11.1 Å². The fraction of sp³-hybridized carbons (Fsp3) is 0.227. The summed E-state index contributed by atoms with van der Waals surface area (Å²) in [5, 5.41) is 12.5. The van der Waals surface area contributed by atoms with Crippen LogP contribution in [-0.2, 0) is 16.0 Å². The second-order valence-corrected chi connectivity index (χ2v) is 8.20. The Morgan fingerprint density at radius 2 is 1.83 bits per heavy atom.